The van der Waals surface area contributed by atoms with Gasteiger partial charge in [-0.2, -0.15) is 0 Å². The number of rotatable bonds is 8. The average Bonchev–Trinajstić information content (AvgIpc) is 3.47. The molecule has 0 unspecified atom stereocenters. The van der Waals surface area contributed by atoms with E-state index in [9.17, 15) is 9.59 Å². The maximum atomic E-state index is 12.6. The van der Waals surface area contributed by atoms with Gasteiger partial charge in [0.1, 0.15) is 5.75 Å². The molecule has 2 aromatic carbocycles. The fourth-order valence-corrected chi connectivity index (χ4v) is 4.85. The van der Waals surface area contributed by atoms with Crippen molar-refractivity contribution in [3.05, 3.63) is 59.3 Å². The van der Waals surface area contributed by atoms with E-state index < -0.39 is 5.97 Å². The van der Waals surface area contributed by atoms with Crippen molar-refractivity contribution < 1.29 is 19.1 Å². The molecule has 1 aliphatic carbocycles. The molecule has 4 rings (SSSR count). The number of fused-ring (bicyclic) bond motifs is 1. The number of amides is 1. The van der Waals surface area contributed by atoms with Crippen LogP contribution in [-0.4, -0.2) is 30.7 Å². The standard InChI is InChI=1S/C28H30N2O4/c1-4-13-30-18-22(15-20-9-10-21(28(32)34-3)16-26(20)33-2)24-17-23(11-12-25(24)30)29-27(31)14-19-7-5-6-8-19/h1,9-12,16-19H,5-8,13-15H2,2-3H3,(H,29,31). The molecule has 34 heavy (non-hydrogen) atoms. The van der Waals surface area contributed by atoms with E-state index >= 15 is 0 Å². The third-order valence-corrected chi connectivity index (χ3v) is 6.55. The molecule has 0 saturated heterocycles. The van der Waals surface area contributed by atoms with Gasteiger partial charge in [0.2, 0.25) is 5.91 Å². The molecule has 0 bridgehead atoms. The molecule has 6 nitrogen and oxygen atoms in total. The zero-order valence-electron chi connectivity index (χ0n) is 19.7. The average molecular weight is 459 g/mol. The number of carbonyl (C=O) groups is 2. The Kier molecular flexibility index (Phi) is 7.22. The predicted octanol–water partition coefficient (Wildman–Crippen LogP) is 5.18. The van der Waals surface area contributed by atoms with Crippen LogP contribution in [0, 0.1) is 18.3 Å². The van der Waals surface area contributed by atoms with Crippen LogP contribution in [0.4, 0.5) is 5.69 Å². The predicted molar refractivity (Wildman–Crippen MR) is 133 cm³/mol. The van der Waals surface area contributed by atoms with Crippen LogP contribution in [0.3, 0.4) is 0 Å². The van der Waals surface area contributed by atoms with Crippen molar-refractivity contribution in [2.24, 2.45) is 5.92 Å². The van der Waals surface area contributed by atoms with Gasteiger partial charge in [0.05, 0.1) is 26.3 Å². The Balaban J connectivity index is 1.63. The number of ether oxygens (including phenoxy) is 2. The molecule has 1 N–H and O–H groups in total. The summed E-state index contributed by atoms with van der Waals surface area (Å²) in [4.78, 5) is 24.5. The molecule has 0 atom stereocenters. The number of aromatic nitrogens is 1. The van der Waals surface area contributed by atoms with Gasteiger partial charge in [-0.25, -0.2) is 4.79 Å². The number of carbonyl (C=O) groups excluding carboxylic acids is 2. The molecule has 1 aliphatic rings. The van der Waals surface area contributed by atoms with Gasteiger partial charge >= 0.3 is 5.97 Å². The van der Waals surface area contributed by atoms with Gasteiger partial charge < -0.3 is 19.4 Å². The zero-order valence-corrected chi connectivity index (χ0v) is 19.7. The number of hydrogen-bond acceptors (Lipinski definition) is 4. The first-order chi connectivity index (χ1) is 16.5. The molecular weight excluding hydrogens is 428 g/mol. The van der Waals surface area contributed by atoms with E-state index in [-0.39, 0.29) is 5.91 Å². The molecule has 1 aromatic heterocycles. The van der Waals surface area contributed by atoms with Crippen LogP contribution >= 0.6 is 0 Å². The monoisotopic (exact) mass is 458 g/mol. The number of terminal acetylenes is 1. The largest absolute Gasteiger partial charge is 0.496 e. The Morgan fingerprint density at radius 2 is 1.91 bits per heavy atom. The lowest BCUT2D eigenvalue weighted by atomic mass is 10.0. The summed E-state index contributed by atoms with van der Waals surface area (Å²) < 4.78 is 12.4. The highest BCUT2D eigenvalue weighted by Gasteiger charge is 2.19. The van der Waals surface area contributed by atoms with Crippen LogP contribution in [0.15, 0.2) is 42.6 Å². The molecule has 6 heteroatoms. The van der Waals surface area contributed by atoms with Crippen molar-refractivity contribution in [3.63, 3.8) is 0 Å². The van der Waals surface area contributed by atoms with Gasteiger partial charge in [-0.1, -0.05) is 24.8 Å². The lowest BCUT2D eigenvalue weighted by molar-refractivity contribution is -0.117. The lowest BCUT2D eigenvalue weighted by Crippen LogP contribution is -2.15. The van der Waals surface area contributed by atoms with Gasteiger partial charge in [-0.3, -0.25) is 4.79 Å². The van der Waals surface area contributed by atoms with Crippen LogP contribution < -0.4 is 10.1 Å². The van der Waals surface area contributed by atoms with E-state index in [0.717, 1.165) is 40.6 Å². The van der Waals surface area contributed by atoms with E-state index in [1.165, 1.54) is 20.0 Å². The van der Waals surface area contributed by atoms with Gasteiger partial charge in [0, 0.05) is 35.6 Å². The first kappa shape index (κ1) is 23.4. The SMILES string of the molecule is C#CCn1cc(Cc2ccc(C(=O)OC)cc2OC)c2cc(NC(=O)CC3CCCC3)ccc21. The minimum absolute atomic E-state index is 0.0657. The van der Waals surface area contributed by atoms with Crippen molar-refractivity contribution in [1.82, 2.24) is 4.57 Å². The zero-order chi connectivity index (χ0) is 24.1. The van der Waals surface area contributed by atoms with E-state index in [4.69, 9.17) is 15.9 Å². The first-order valence-electron chi connectivity index (χ1n) is 11.6. The van der Waals surface area contributed by atoms with Crippen molar-refractivity contribution >= 4 is 28.5 Å². The van der Waals surface area contributed by atoms with Gasteiger partial charge in [0.25, 0.3) is 0 Å². The third kappa shape index (κ3) is 5.09. The lowest BCUT2D eigenvalue weighted by Gasteiger charge is -2.11. The highest BCUT2D eigenvalue weighted by Crippen LogP contribution is 2.31. The summed E-state index contributed by atoms with van der Waals surface area (Å²) in [6, 6.07) is 11.2. The maximum absolute atomic E-state index is 12.6. The minimum atomic E-state index is -0.409. The molecule has 1 heterocycles. The molecule has 0 radical (unpaired) electrons. The first-order valence-corrected chi connectivity index (χ1v) is 11.6. The summed E-state index contributed by atoms with van der Waals surface area (Å²) in [5, 5.41) is 4.10. The molecule has 1 saturated carbocycles. The number of nitrogens with one attached hydrogen (secondary N) is 1. The Bertz CT molecular complexity index is 1250. The summed E-state index contributed by atoms with van der Waals surface area (Å²) >= 11 is 0. The number of nitrogens with zero attached hydrogens (tertiary/aromatic N) is 1. The number of anilines is 1. The van der Waals surface area contributed by atoms with Crippen molar-refractivity contribution in [2.45, 2.75) is 45.1 Å². The summed E-state index contributed by atoms with van der Waals surface area (Å²) in [6.45, 7) is 0.447. The van der Waals surface area contributed by atoms with Crippen molar-refractivity contribution in [1.29, 1.82) is 0 Å². The van der Waals surface area contributed by atoms with E-state index in [1.54, 1.807) is 19.2 Å². The van der Waals surface area contributed by atoms with Crippen LogP contribution in [0.1, 0.15) is 53.6 Å². The Morgan fingerprint density at radius 1 is 1.12 bits per heavy atom. The molecule has 3 aromatic rings. The molecule has 176 valence electrons. The topological polar surface area (TPSA) is 69.6 Å². The molecule has 0 aliphatic heterocycles. The third-order valence-electron chi connectivity index (χ3n) is 6.55. The number of esters is 1. The Labute approximate surface area is 200 Å². The Hall–Kier alpha value is -3.72. The van der Waals surface area contributed by atoms with Crippen LogP contribution in [0.5, 0.6) is 5.75 Å². The number of methoxy groups -OCH3 is 2. The van der Waals surface area contributed by atoms with Crippen molar-refractivity contribution in [2.75, 3.05) is 19.5 Å². The van der Waals surface area contributed by atoms with Gasteiger partial charge in [-0.15, -0.1) is 6.42 Å². The minimum Gasteiger partial charge on any atom is -0.496 e. The Morgan fingerprint density at radius 3 is 2.62 bits per heavy atom. The van der Waals surface area contributed by atoms with E-state index in [1.807, 2.05) is 35.0 Å². The number of hydrogen-bond donors (Lipinski definition) is 1. The maximum Gasteiger partial charge on any atom is 0.337 e. The van der Waals surface area contributed by atoms with Gasteiger partial charge in [0.15, 0.2) is 0 Å². The highest BCUT2D eigenvalue weighted by molar-refractivity contribution is 5.95. The number of benzene rings is 2. The van der Waals surface area contributed by atoms with E-state index in [2.05, 4.69) is 11.2 Å². The normalized spacial score (nSPS) is 13.6. The second-order valence-corrected chi connectivity index (χ2v) is 8.82. The van der Waals surface area contributed by atoms with Crippen LogP contribution in [-0.2, 0) is 22.5 Å². The van der Waals surface area contributed by atoms with Crippen LogP contribution in [0.25, 0.3) is 10.9 Å². The van der Waals surface area contributed by atoms with Crippen LogP contribution in [0.2, 0.25) is 0 Å². The molecule has 0 spiro atoms. The fourth-order valence-electron chi connectivity index (χ4n) is 4.85. The summed E-state index contributed by atoms with van der Waals surface area (Å²) in [5.74, 6) is 3.47. The second kappa shape index (κ2) is 10.5. The highest BCUT2D eigenvalue weighted by atomic mass is 16.5. The summed E-state index contributed by atoms with van der Waals surface area (Å²) in [7, 11) is 2.94. The summed E-state index contributed by atoms with van der Waals surface area (Å²) in [6.07, 6.45) is 13.5. The molecule has 1 amide bonds. The van der Waals surface area contributed by atoms with Crippen molar-refractivity contribution in [3.8, 4) is 18.1 Å². The summed E-state index contributed by atoms with van der Waals surface area (Å²) in [5.41, 5.74) is 4.21. The van der Waals surface area contributed by atoms with E-state index in [0.29, 0.717) is 36.6 Å². The quantitative estimate of drug-likeness (QED) is 0.373. The molecular formula is C28H30N2O4. The van der Waals surface area contributed by atoms with Gasteiger partial charge in [-0.05, 0) is 60.2 Å². The molecule has 1 fully saturated rings. The second-order valence-electron chi connectivity index (χ2n) is 8.82. The smallest absolute Gasteiger partial charge is 0.337 e. The fraction of sp³-hybridized carbons (Fsp3) is 0.357.